The van der Waals surface area contributed by atoms with Crippen LogP contribution in [0.15, 0.2) is 30.5 Å². The van der Waals surface area contributed by atoms with Gasteiger partial charge in [-0.2, -0.15) is 0 Å². The summed E-state index contributed by atoms with van der Waals surface area (Å²) in [5, 5.41) is -0.0912. The highest BCUT2D eigenvalue weighted by molar-refractivity contribution is 7.11. The van der Waals surface area contributed by atoms with Crippen molar-refractivity contribution < 1.29 is 8.78 Å². The zero-order valence-corrected chi connectivity index (χ0v) is 14.6. The van der Waals surface area contributed by atoms with E-state index in [1.807, 2.05) is 0 Å². The average Bonchev–Trinajstić information content (AvgIpc) is 2.88. The molecule has 120 valence electrons. The number of nitrogens with zero attached hydrogens (tertiary/aromatic N) is 1. The van der Waals surface area contributed by atoms with Crippen LogP contribution in [0, 0.1) is 0 Å². The highest BCUT2D eigenvalue weighted by atomic mass is 32.1. The van der Waals surface area contributed by atoms with Crippen molar-refractivity contribution in [1.82, 2.24) is 4.98 Å². The second kappa shape index (κ2) is 6.07. The number of aromatic nitrogens is 1. The molecule has 0 N–H and O–H groups in total. The van der Waals surface area contributed by atoms with Crippen LogP contribution in [0.5, 0.6) is 0 Å². The lowest BCUT2D eigenvalue weighted by Crippen LogP contribution is -2.20. The predicted molar refractivity (Wildman–Crippen MR) is 88.9 cm³/mol. The molecule has 0 saturated carbocycles. The third-order valence-electron chi connectivity index (χ3n) is 3.82. The Bertz CT molecular complexity index is 639. The molecule has 22 heavy (non-hydrogen) atoms. The molecule has 1 nitrogen and oxygen atoms in total. The normalized spacial score (nSPS) is 12.9. The standard InChI is InChI=1S/C18H23F2NS/c1-17(2,3)13-8-6-7-12(9-13)10-18(4,5)14-11-21-16(22-14)15(19)20/h6-9,11,15H,10H2,1-5H3. The van der Waals surface area contributed by atoms with Crippen LogP contribution in [-0.4, -0.2) is 4.98 Å². The van der Waals surface area contributed by atoms with Crippen LogP contribution in [0.4, 0.5) is 8.78 Å². The molecule has 0 fully saturated rings. The Hall–Kier alpha value is -1.29. The molecule has 0 saturated heterocycles. The fourth-order valence-corrected chi connectivity index (χ4v) is 3.32. The van der Waals surface area contributed by atoms with Gasteiger partial charge in [-0.15, -0.1) is 11.3 Å². The Morgan fingerprint density at radius 3 is 2.36 bits per heavy atom. The molecule has 0 aliphatic rings. The second-order valence-electron chi connectivity index (χ2n) is 7.37. The maximum atomic E-state index is 12.7. The Balaban J connectivity index is 2.24. The summed E-state index contributed by atoms with van der Waals surface area (Å²) in [5.41, 5.74) is 2.41. The fourth-order valence-electron chi connectivity index (χ4n) is 2.45. The van der Waals surface area contributed by atoms with Crippen LogP contribution in [-0.2, 0) is 17.3 Å². The van der Waals surface area contributed by atoms with E-state index in [1.165, 1.54) is 11.1 Å². The van der Waals surface area contributed by atoms with Crippen molar-refractivity contribution in [3.8, 4) is 0 Å². The van der Waals surface area contributed by atoms with Crippen molar-refractivity contribution in [3.05, 3.63) is 51.5 Å². The SMILES string of the molecule is CC(C)(C)c1cccc(CC(C)(C)c2cnc(C(F)F)s2)c1. The van der Waals surface area contributed by atoms with E-state index in [-0.39, 0.29) is 15.8 Å². The molecule has 0 amide bonds. The molecule has 4 heteroatoms. The summed E-state index contributed by atoms with van der Waals surface area (Å²) in [6.45, 7) is 10.7. The molecule has 2 aromatic rings. The van der Waals surface area contributed by atoms with Gasteiger partial charge in [0.05, 0.1) is 0 Å². The summed E-state index contributed by atoms with van der Waals surface area (Å²) in [7, 11) is 0. The minimum Gasteiger partial charge on any atom is -0.243 e. The van der Waals surface area contributed by atoms with Crippen molar-refractivity contribution in [2.24, 2.45) is 0 Å². The van der Waals surface area contributed by atoms with E-state index in [0.717, 1.165) is 22.6 Å². The van der Waals surface area contributed by atoms with Crippen LogP contribution >= 0.6 is 11.3 Å². The number of alkyl halides is 2. The van der Waals surface area contributed by atoms with Gasteiger partial charge >= 0.3 is 0 Å². The number of benzene rings is 1. The van der Waals surface area contributed by atoms with E-state index in [4.69, 9.17) is 0 Å². The lowest BCUT2D eigenvalue weighted by Gasteiger charge is -2.25. The Morgan fingerprint density at radius 1 is 1.14 bits per heavy atom. The minimum absolute atomic E-state index is 0.0912. The van der Waals surface area contributed by atoms with Gasteiger partial charge in [0, 0.05) is 16.5 Å². The molecule has 0 atom stereocenters. The van der Waals surface area contributed by atoms with Crippen molar-refractivity contribution in [2.45, 2.75) is 58.3 Å². The number of rotatable bonds is 4. The van der Waals surface area contributed by atoms with Gasteiger partial charge in [0.2, 0.25) is 0 Å². The monoisotopic (exact) mass is 323 g/mol. The van der Waals surface area contributed by atoms with E-state index in [1.54, 1.807) is 6.20 Å². The van der Waals surface area contributed by atoms with Crippen LogP contribution in [0.25, 0.3) is 0 Å². The molecule has 0 bridgehead atoms. The van der Waals surface area contributed by atoms with Gasteiger partial charge in [-0.05, 0) is 23.0 Å². The van der Waals surface area contributed by atoms with Gasteiger partial charge in [-0.1, -0.05) is 58.9 Å². The highest BCUT2D eigenvalue weighted by Crippen LogP contribution is 2.35. The Labute approximate surface area is 135 Å². The second-order valence-corrected chi connectivity index (χ2v) is 8.44. The maximum Gasteiger partial charge on any atom is 0.289 e. The Morgan fingerprint density at radius 2 is 1.82 bits per heavy atom. The first-order chi connectivity index (χ1) is 10.1. The number of hydrogen-bond acceptors (Lipinski definition) is 2. The van der Waals surface area contributed by atoms with Gasteiger partial charge in [-0.25, -0.2) is 13.8 Å². The molecule has 0 radical (unpaired) electrons. The van der Waals surface area contributed by atoms with E-state index in [0.29, 0.717) is 0 Å². The van der Waals surface area contributed by atoms with E-state index in [9.17, 15) is 8.78 Å². The summed E-state index contributed by atoms with van der Waals surface area (Å²) < 4.78 is 25.5. The molecule has 1 aromatic carbocycles. The molecule has 0 unspecified atom stereocenters. The maximum absolute atomic E-state index is 12.7. The van der Waals surface area contributed by atoms with Gasteiger partial charge in [0.1, 0.15) is 0 Å². The van der Waals surface area contributed by atoms with Gasteiger partial charge in [-0.3, -0.25) is 0 Å². The minimum atomic E-state index is -2.49. The van der Waals surface area contributed by atoms with Crippen LogP contribution in [0.3, 0.4) is 0 Å². The number of hydrogen-bond donors (Lipinski definition) is 0. The van der Waals surface area contributed by atoms with E-state index >= 15 is 0 Å². The highest BCUT2D eigenvalue weighted by Gasteiger charge is 2.26. The first kappa shape index (κ1) is 17.1. The van der Waals surface area contributed by atoms with Crippen LogP contribution in [0.1, 0.15) is 62.1 Å². The summed E-state index contributed by atoms with van der Waals surface area (Å²) in [6, 6.07) is 8.53. The summed E-state index contributed by atoms with van der Waals surface area (Å²) >= 11 is 1.12. The summed E-state index contributed by atoms with van der Waals surface area (Å²) in [6.07, 6.45) is -0.0829. The molecule has 2 rings (SSSR count). The predicted octanol–water partition coefficient (Wildman–Crippen LogP) is 5.90. The fraction of sp³-hybridized carbons (Fsp3) is 0.500. The zero-order chi connectivity index (χ0) is 16.5. The third kappa shape index (κ3) is 3.92. The first-order valence-electron chi connectivity index (χ1n) is 7.43. The smallest absolute Gasteiger partial charge is 0.243 e. The lowest BCUT2D eigenvalue weighted by molar-refractivity contribution is 0.151. The largest absolute Gasteiger partial charge is 0.289 e. The quantitative estimate of drug-likeness (QED) is 0.683. The lowest BCUT2D eigenvalue weighted by atomic mass is 9.81. The van der Waals surface area contributed by atoms with Gasteiger partial charge in [0.25, 0.3) is 6.43 Å². The van der Waals surface area contributed by atoms with Gasteiger partial charge in [0.15, 0.2) is 5.01 Å². The third-order valence-corrected chi connectivity index (χ3v) is 5.19. The molecule has 1 aromatic heterocycles. The van der Waals surface area contributed by atoms with Crippen molar-refractivity contribution in [1.29, 1.82) is 0 Å². The van der Waals surface area contributed by atoms with Crippen molar-refractivity contribution in [3.63, 3.8) is 0 Å². The van der Waals surface area contributed by atoms with E-state index < -0.39 is 6.43 Å². The topological polar surface area (TPSA) is 12.9 Å². The molecular formula is C18H23F2NS. The van der Waals surface area contributed by atoms with E-state index in [2.05, 4.69) is 63.9 Å². The van der Waals surface area contributed by atoms with Crippen LogP contribution < -0.4 is 0 Å². The molecule has 0 aliphatic heterocycles. The van der Waals surface area contributed by atoms with Crippen LogP contribution in [0.2, 0.25) is 0 Å². The number of halogens is 2. The van der Waals surface area contributed by atoms with Crippen molar-refractivity contribution in [2.75, 3.05) is 0 Å². The molecular weight excluding hydrogens is 300 g/mol. The zero-order valence-electron chi connectivity index (χ0n) is 13.8. The molecule has 0 aliphatic carbocycles. The van der Waals surface area contributed by atoms with Gasteiger partial charge < -0.3 is 0 Å². The average molecular weight is 323 g/mol. The summed E-state index contributed by atoms with van der Waals surface area (Å²) in [5.74, 6) is 0. The Kier molecular flexibility index (Phi) is 4.71. The molecule has 0 spiro atoms. The number of thiazole rings is 1. The molecule has 1 heterocycles. The van der Waals surface area contributed by atoms with Crippen molar-refractivity contribution >= 4 is 11.3 Å². The summed E-state index contributed by atoms with van der Waals surface area (Å²) in [4.78, 5) is 4.76. The first-order valence-corrected chi connectivity index (χ1v) is 8.25.